The second-order valence-electron chi connectivity index (χ2n) is 4.57. The van der Waals surface area contributed by atoms with Gasteiger partial charge in [0.05, 0.1) is 13.2 Å². The molecule has 1 spiro atoms. The minimum absolute atomic E-state index is 0.150. The van der Waals surface area contributed by atoms with Crippen molar-refractivity contribution in [2.75, 3.05) is 13.2 Å². The lowest BCUT2D eigenvalue weighted by Crippen LogP contribution is -2.48. The summed E-state index contributed by atoms with van der Waals surface area (Å²) in [5, 5.41) is 0. The molecule has 1 atom stereocenters. The highest BCUT2D eigenvalue weighted by Gasteiger charge is 2.52. The van der Waals surface area contributed by atoms with Gasteiger partial charge in [-0.05, 0) is 18.9 Å². The molecule has 1 heterocycles. The van der Waals surface area contributed by atoms with E-state index in [4.69, 9.17) is 9.47 Å². The third kappa shape index (κ3) is 1.74. The van der Waals surface area contributed by atoms with Crippen molar-refractivity contribution in [2.24, 2.45) is 5.41 Å². The van der Waals surface area contributed by atoms with Gasteiger partial charge in [0.15, 0.2) is 5.79 Å². The molecular formula is C12H18O3. The second kappa shape index (κ2) is 4.06. The fourth-order valence-electron chi connectivity index (χ4n) is 2.72. The van der Waals surface area contributed by atoms with Crippen LogP contribution in [0, 0.1) is 5.41 Å². The molecule has 0 aromatic carbocycles. The van der Waals surface area contributed by atoms with E-state index in [1.165, 1.54) is 6.42 Å². The van der Waals surface area contributed by atoms with Crippen molar-refractivity contribution in [3.05, 3.63) is 12.2 Å². The van der Waals surface area contributed by atoms with E-state index in [0.29, 0.717) is 13.2 Å². The first kappa shape index (κ1) is 10.8. The van der Waals surface area contributed by atoms with Crippen molar-refractivity contribution >= 4 is 6.29 Å². The van der Waals surface area contributed by atoms with Crippen molar-refractivity contribution in [1.82, 2.24) is 0 Å². The lowest BCUT2D eigenvalue weighted by molar-refractivity contribution is -0.235. The van der Waals surface area contributed by atoms with Gasteiger partial charge < -0.3 is 9.47 Å². The molecule has 15 heavy (non-hydrogen) atoms. The highest BCUT2D eigenvalue weighted by Crippen LogP contribution is 2.50. The minimum atomic E-state index is -0.467. The van der Waals surface area contributed by atoms with Crippen LogP contribution in [0.2, 0.25) is 0 Å². The highest BCUT2D eigenvalue weighted by atomic mass is 16.7. The number of carbonyl (C=O) groups is 1. The van der Waals surface area contributed by atoms with E-state index in [1.807, 2.05) is 6.08 Å². The summed E-state index contributed by atoms with van der Waals surface area (Å²) in [6, 6.07) is 0. The van der Waals surface area contributed by atoms with Gasteiger partial charge in [-0.2, -0.15) is 0 Å². The van der Waals surface area contributed by atoms with Gasteiger partial charge in [-0.15, -0.1) is 0 Å². The monoisotopic (exact) mass is 210 g/mol. The maximum Gasteiger partial charge on any atom is 0.177 e. The maximum atomic E-state index is 10.4. The molecule has 3 nitrogen and oxygen atoms in total. The molecule has 1 aliphatic carbocycles. The number of hydrogen-bond acceptors (Lipinski definition) is 3. The first-order chi connectivity index (χ1) is 7.22. The molecule has 0 aromatic rings. The predicted molar refractivity (Wildman–Crippen MR) is 56.4 cm³/mol. The SMILES string of the molecule is CC1(/C=C/C=O)CCCCC12OCCO2. The van der Waals surface area contributed by atoms with Crippen molar-refractivity contribution in [3.8, 4) is 0 Å². The molecule has 1 saturated carbocycles. The van der Waals surface area contributed by atoms with Crippen molar-refractivity contribution in [1.29, 1.82) is 0 Å². The molecule has 84 valence electrons. The Balaban J connectivity index is 2.24. The summed E-state index contributed by atoms with van der Waals surface area (Å²) in [6.07, 6.45) is 8.62. The number of ether oxygens (including phenoxy) is 2. The Kier molecular flexibility index (Phi) is 2.94. The molecular weight excluding hydrogens is 192 g/mol. The van der Waals surface area contributed by atoms with Crippen LogP contribution in [0.4, 0.5) is 0 Å². The van der Waals surface area contributed by atoms with Crippen LogP contribution in [0.5, 0.6) is 0 Å². The Morgan fingerprint density at radius 2 is 1.80 bits per heavy atom. The molecule has 0 aromatic heterocycles. The van der Waals surface area contributed by atoms with E-state index in [0.717, 1.165) is 25.5 Å². The number of hydrogen-bond donors (Lipinski definition) is 0. The Bertz CT molecular complexity index is 266. The molecule has 1 unspecified atom stereocenters. The van der Waals surface area contributed by atoms with E-state index < -0.39 is 5.79 Å². The normalized spacial score (nSPS) is 35.0. The van der Waals surface area contributed by atoms with Crippen molar-refractivity contribution < 1.29 is 14.3 Å². The van der Waals surface area contributed by atoms with Gasteiger partial charge in [0.25, 0.3) is 0 Å². The summed E-state index contributed by atoms with van der Waals surface area (Å²) >= 11 is 0. The predicted octanol–water partition coefficient (Wildman–Crippen LogP) is 2.06. The molecule has 0 radical (unpaired) electrons. The van der Waals surface area contributed by atoms with Crippen LogP contribution in [-0.4, -0.2) is 25.3 Å². The van der Waals surface area contributed by atoms with Gasteiger partial charge in [-0.25, -0.2) is 0 Å². The summed E-state index contributed by atoms with van der Waals surface area (Å²) in [4.78, 5) is 10.4. The Morgan fingerprint density at radius 3 is 2.47 bits per heavy atom. The van der Waals surface area contributed by atoms with Crippen LogP contribution in [0.1, 0.15) is 32.6 Å². The lowest BCUT2D eigenvalue weighted by atomic mass is 9.70. The Labute approximate surface area is 90.4 Å². The molecule has 1 aliphatic heterocycles. The average molecular weight is 210 g/mol. The van der Waals surface area contributed by atoms with Gasteiger partial charge in [0.2, 0.25) is 0 Å². The molecule has 3 heteroatoms. The molecule has 2 aliphatic rings. The number of allylic oxidation sites excluding steroid dienone is 1. The zero-order valence-electron chi connectivity index (χ0n) is 9.20. The third-order valence-electron chi connectivity index (χ3n) is 3.62. The van der Waals surface area contributed by atoms with Crippen LogP contribution < -0.4 is 0 Å². The first-order valence-electron chi connectivity index (χ1n) is 5.63. The van der Waals surface area contributed by atoms with Crippen LogP contribution >= 0.6 is 0 Å². The number of carbonyl (C=O) groups excluding carboxylic acids is 1. The van der Waals surface area contributed by atoms with Crippen molar-refractivity contribution in [2.45, 2.75) is 38.4 Å². The van der Waals surface area contributed by atoms with E-state index >= 15 is 0 Å². The van der Waals surface area contributed by atoms with E-state index in [9.17, 15) is 4.79 Å². The standard InChI is InChI=1S/C12H18O3/c1-11(6-4-8-13)5-2-3-7-12(11)14-9-10-15-12/h4,6,8H,2-3,5,7,9-10H2,1H3/b6-4+. The lowest BCUT2D eigenvalue weighted by Gasteiger charge is -2.46. The third-order valence-corrected chi connectivity index (χ3v) is 3.62. The van der Waals surface area contributed by atoms with Gasteiger partial charge in [-0.1, -0.05) is 19.4 Å². The number of aldehydes is 1. The molecule has 1 saturated heterocycles. The molecule has 0 N–H and O–H groups in total. The summed E-state index contributed by atoms with van der Waals surface area (Å²) in [6.45, 7) is 3.46. The zero-order chi connectivity index (χ0) is 10.8. The quantitative estimate of drug-likeness (QED) is 0.517. The van der Waals surface area contributed by atoms with Crippen LogP contribution in [-0.2, 0) is 14.3 Å². The Morgan fingerprint density at radius 1 is 1.13 bits per heavy atom. The average Bonchev–Trinajstić information content (AvgIpc) is 2.71. The highest BCUT2D eigenvalue weighted by molar-refractivity contribution is 5.64. The first-order valence-corrected chi connectivity index (χ1v) is 5.63. The summed E-state index contributed by atoms with van der Waals surface area (Å²) in [7, 11) is 0. The fraction of sp³-hybridized carbons (Fsp3) is 0.750. The van der Waals surface area contributed by atoms with Crippen LogP contribution in [0.15, 0.2) is 12.2 Å². The maximum absolute atomic E-state index is 10.4. The molecule has 0 amide bonds. The minimum Gasteiger partial charge on any atom is -0.347 e. The second-order valence-corrected chi connectivity index (χ2v) is 4.57. The zero-order valence-corrected chi connectivity index (χ0v) is 9.20. The van der Waals surface area contributed by atoms with Gasteiger partial charge >= 0.3 is 0 Å². The van der Waals surface area contributed by atoms with E-state index in [2.05, 4.69) is 6.92 Å². The molecule has 2 fully saturated rings. The fourth-order valence-corrected chi connectivity index (χ4v) is 2.72. The Hall–Kier alpha value is -0.670. The van der Waals surface area contributed by atoms with Crippen LogP contribution in [0.3, 0.4) is 0 Å². The number of rotatable bonds is 2. The van der Waals surface area contributed by atoms with Gasteiger partial charge in [-0.3, -0.25) is 4.79 Å². The van der Waals surface area contributed by atoms with Gasteiger partial charge in [0, 0.05) is 11.8 Å². The topological polar surface area (TPSA) is 35.5 Å². The molecule has 0 bridgehead atoms. The molecule has 2 rings (SSSR count). The van der Waals surface area contributed by atoms with Gasteiger partial charge in [0.1, 0.15) is 6.29 Å². The van der Waals surface area contributed by atoms with Crippen LogP contribution in [0.25, 0.3) is 0 Å². The van der Waals surface area contributed by atoms with Crippen molar-refractivity contribution in [3.63, 3.8) is 0 Å². The summed E-state index contributed by atoms with van der Waals surface area (Å²) in [5.74, 6) is -0.467. The van der Waals surface area contributed by atoms with E-state index in [-0.39, 0.29) is 5.41 Å². The summed E-state index contributed by atoms with van der Waals surface area (Å²) < 4.78 is 11.6. The summed E-state index contributed by atoms with van der Waals surface area (Å²) in [5.41, 5.74) is -0.150. The van der Waals surface area contributed by atoms with E-state index in [1.54, 1.807) is 6.08 Å². The largest absolute Gasteiger partial charge is 0.347 e. The smallest absolute Gasteiger partial charge is 0.177 e.